The summed E-state index contributed by atoms with van der Waals surface area (Å²) in [6.45, 7) is 0. The summed E-state index contributed by atoms with van der Waals surface area (Å²) in [5.41, 5.74) is 1.32. The van der Waals surface area contributed by atoms with Gasteiger partial charge in [-0.15, -0.1) is 0 Å². The van der Waals surface area contributed by atoms with E-state index < -0.39 is 12.1 Å². The van der Waals surface area contributed by atoms with Gasteiger partial charge in [0.15, 0.2) is 0 Å². The van der Waals surface area contributed by atoms with Gasteiger partial charge in [-0.1, -0.05) is 21.1 Å². The molecule has 1 aromatic rings. The number of methoxy groups -OCH3 is 1. The van der Waals surface area contributed by atoms with E-state index >= 15 is 0 Å². The predicted octanol–water partition coefficient (Wildman–Crippen LogP) is 2.04. The summed E-state index contributed by atoms with van der Waals surface area (Å²) < 4.78 is 6.07. The lowest BCUT2D eigenvalue weighted by molar-refractivity contribution is -0.148. The summed E-state index contributed by atoms with van der Waals surface area (Å²) in [6.07, 6.45) is -0.670. The zero-order valence-electron chi connectivity index (χ0n) is 9.01. The summed E-state index contributed by atoms with van der Waals surface area (Å²) >= 11 is 3.35. The molecule has 1 aliphatic rings. The van der Waals surface area contributed by atoms with Gasteiger partial charge >= 0.3 is 5.97 Å². The lowest BCUT2D eigenvalue weighted by Crippen LogP contribution is -2.20. The number of aliphatic carboxylic acids is 1. The Morgan fingerprint density at radius 3 is 3.00 bits per heavy atom. The maximum absolute atomic E-state index is 10.8. The van der Waals surface area contributed by atoms with Crippen LogP contribution < -0.4 is 4.74 Å². The summed E-state index contributed by atoms with van der Waals surface area (Å²) in [7, 11) is 1.55. The summed E-state index contributed by atoms with van der Waals surface area (Å²) in [5, 5.41) is 12.6. The van der Waals surface area contributed by atoms with Gasteiger partial charge in [0.05, 0.1) is 12.8 Å². The highest BCUT2D eigenvalue weighted by Gasteiger charge is 2.29. The third-order valence-corrected chi connectivity index (χ3v) is 2.91. The van der Waals surface area contributed by atoms with Crippen LogP contribution >= 0.6 is 15.9 Å². The maximum atomic E-state index is 10.8. The van der Waals surface area contributed by atoms with Crippen molar-refractivity contribution >= 4 is 27.6 Å². The molecule has 0 saturated heterocycles. The second-order valence-electron chi connectivity index (χ2n) is 3.52. The molecule has 0 saturated carbocycles. The van der Waals surface area contributed by atoms with Crippen LogP contribution in [-0.4, -0.2) is 30.0 Å². The summed E-state index contributed by atoms with van der Waals surface area (Å²) in [6, 6.07) is 5.45. The van der Waals surface area contributed by atoms with E-state index in [2.05, 4.69) is 21.1 Å². The fourth-order valence-corrected chi connectivity index (χ4v) is 1.94. The molecule has 90 valence electrons. The number of oxime groups is 1. The molecule has 1 N–H and O–H groups in total. The molecule has 1 unspecified atom stereocenters. The van der Waals surface area contributed by atoms with Crippen molar-refractivity contribution < 1.29 is 19.5 Å². The van der Waals surface area contributed by atoms with Crippen LogP contribution in [-0.2, 0) is 9.63 Å². The van der Waals surface area contributed by atoms with E-state index in [4.69, 9.17) is 14.7 Å². The molecule has 0 aliphatic carbocycles. The van der Waals surface area contributed by atoms with Crippen LogP contribution in [0.4, 0.5) is 0 Å². The molecule has 1 aromatic carbocycles. The van der Waals surface area contributed by atoms with Crippen molar-refractivity contribution in [3.63, 3.8) is 0 Å². The molecule has 0 spiro atoms. The minimum Gasteiger partial charge on any atom is -0.496 e. The molecule has 0 aromatic heterocycles. The molecule has 6 heteroatoms. The minimum absolute atomic E-state index is 0.238. The number of rotatable bonds is 3. The number of hydrogen-bond donors (Lipinski definition) is 1. The van der Waals surface area contributed by atoms with Crippen LogP contribution in [0.1, 0.15) is 12.0 Å². The van der Waals surface area contributed by atoms with Gasteiger partial charge in [0.1, 0.15) is 5.75 Å². The van der Waals surface area contributed by atoms with Crippen LogP contribution in [0.3, 0.4) is 0 Å². The second-order valence-corrected chi connectivity index (χ2v) is 4.43. The molecule has 1 heterocycles. The highest BCUT2D eigenvalue weighted by molar-refractivity contribution is 9.10. The first kappa shape index (κ1) is 11.9. The number of nitrogens with zero attached hydrogens (tertiary/aromatic N) is 1. The Morgan fingerprint density at radius 1 is 1.65 bits per heavy atom. The number of carbonyl (C=O) groups is 1. The number of carboxylic acids is 1. The Balaban J connectivity index is 2.29. The van der Waals surface area contributed by atoms with E-state index in [1.54, 1.807) is 13.2 Å². The van der Waals surface area contributed by atoms with E-state index in [0.29, 0.717) is 11.5 Å². The maximum Gasteiger partial charge on any atom is 0.348 e. The van der Waals surface area contributed by atoms with Crippen molar-refractivity contribution in [1.82, 2.24) is 0 Å². The third-order valence-electron chi connectivity index (χ3n) is 2.42. The molecule has 2 rings (SSSR count). The van der Waals surface area contributed by atoms with Crippen molar-refractivity contribution in [3.8, 4) is 5.75 Å². The number of halogens is 1. The van der Waals surface area contributed by atoms with Gasteiger partial charge in [-0.05, 0) is 18.2 Å². The number of ether oxygens (including phenoxy) is 1. The number of carboxylic acid groups (broad SMARTS) is 1. The van der Waals surface area contributed by atoms with E-state index in [0.717, 1.165) is 10.0 Å². The van der Waals surface area contributed by atoms with E-state index in [-0.39, 0.29) is 6.42 Å². The van der Waals surface area contributed by atoms with Gasteiger partial charge in [0, 0.05) is 16.5 Å². The Labute approximate surface area is 106 Å². The van der Waals surface area contributed by atoms with Crippen molar-refractivity contribution in [2.45, 2.75) is 12.5 Å². The highest BCUT2D eigenvalue weighted by Crippen LogP contribution is 2.27. The van der Waals surface area contributed by atoms with Gasteiger partial charge < -0.3 is 14.7 Å². The van der Waals surface area contributed by atoms with Crippen molar-refractivity contribution in [2.75, 3.05) is 7.11 Å². The average molecular weight is 300 g/mol. The van der Waals surface area contributed by atoms with Gasteiger partial charge in [0.25, 0.3) is 0 Å². The quantitative estimate of drug-likeness (QED) is 0.927. The molecule has 17 heavy (non-hydrogen) atoms. The summed E-state index contributed by atoms with van der Waals surface area (Å²) in [5.74, 6) is -0.376. The van der Waals surface area contributed by atoms with Crippen LogP contribution in [0.25, 0.3) is 0 Å². The van der Waals surface area contributed by atoms with Gasteiger partial charge in [0.2, 0.25) is 6.10 Å². The Bertz CT molecular complexity index is 486. The first-order valence-corrected chi connectivity index (χ1v) is 5.70. The Hall–Kier alpha value is -1.56. The fourth-order valence-electron chi connectivity index (χ4n) is 1.57. The lowest BCUT2D eigenvalue weighted by atomic mass is 10.0. The monoisotopic (exact) mass is 299 g/mol. The van der Waals surface area contributed by atoms with Crippen LogP contribution in [0.15, 0.2) is 27.8 Å². The summed E-state index contributed by atoms with van der Waals surface area (Å²) in [4.78, 5) is 15.6. The highest BCUT2D eigenvalue weighted by atomic mass is 79.9. The molecule has 1 atom stereocenters. The van der Waals surface area contributed by atoms with Gasteiger partial charge in [-0.25, -0.2) is 4.79 Å². The molecule has 0 bridgehead atoms. The van der Waals surface area contributed by atoms with E-state index in [1.165, 1.54) is 0 Å². The molecule has 0 radical (unpaired) electrons. The first-order valence-electron chi connectivity index (χ1n) is 4.91. The molecular weight excluding hydrogens is 290 g/mol. The SMILES string of the molecule is COc1ccc(Br)cc1C1=NOC(C(=O)O)C1. The normalized spacial score (nSPS) is 18.5. The Kier molecular flexibility index (Phi) is 3.33. The second kappa shape index (κ2) is 4.75. The minimum atomic E-state index is -1.02. The van der Waals surface area contributed by atoms with Crippen molar-refractivity contribution in [1.29, 1.82) is 0 Å². The van der Waals surface area contributed by atoms with E-state index in [1.807, 2.05) is 12.1 Å². The third kappa shape index (κ3) is 2.41. The first-order chi connectivity index (χ1) is 8.11. The smallest absolute Gasteiger partial charge is 0.348 e. The zero-order valence-corrected chi connectivity index (χ0v) is 10.6. The van der Waals surface area contributed by atoms with Crippen LogP contribution in [0.2, 0.25) is 0 Å². The average Bonchev–Trinajstić information content (AvgIpc) is 2.78. The van der Waals surface area contributed by atoms with Gasteiger partial charge in [-0.2, -0.15) is 0 Å². The number of hydrogen-bond acceptors (Lipinski definition) is 4. The van der Waals surface area contributed by atoms with Crippen LogP contribution in [0.5, 0.6) is 5.75 Å². The van der Waals surface area contributed by atoms with Crippen molar-refractivity contribution in [3.05, 3.63) is 28.2 Å². The topological polar surface area (TPSA) is 68.1 Å². The van der Waals surface area contributed by atoms with E-state index in [9.17, 15) is 4.79 Å². The van der Waals surface area contributed by atoms with Crippen LogP contribution in [0, 0.1) is 0 Å². The van der Waals surface area contributed by atoms with Crippen molar-refractivity contribution in [2.24, 2.45) is 5.16 Å². The fraction of sp³-hybridized carbons (Fsp3) is 0.273. The molecule has 5 nitrogen and oxygen atoms in total. The standard InChI is InChI=1S/C11H10BrNO4/c1-16-9-3-2-6(12)4-7(9)8-5-10(11(14)15)17-13-8/h2-4,10H,5H2,1H3,(H,14,15). The zero-order chi connectivity index (χ0) is 12.4. The largest absolute Gasteiger partial charge is 0.496 e. The molecular formula is C11H10BrNO4. The number of benzene rings is 1. The lowest BCUT2D eigenvalue weighted by Gasteiger charge is -2.07. The van der Waals surface area contributed by atoms with Gasteiger partial charge in [-0.3, -0.25) is 0 Å². The molecule has 0 fully saturated rings. The predicted molar refractivity (Wildman–Crippen MR) is 64.4 cm³/mol. The molecule has 1 aliphatic heterocycles. The Morgan fingerprint density at radius 2 is 2.41 bits per heavy atom. The molecule has 0 amide bonds.